The van der Waals surface area contributed by atoms with Crippen molar-refractivity contribution in [2.24, 2.45) is 0 Å². The number of ether oxygens (including phenoxy) is 4. The summed E-state index contributed by atoms with van der Waals surface area (Å²) in [5.41, 5.74) is 0. The van der Waals surface area contributed by atoms with Crippen LogP contribution in [0.4, 0.5) is 0 Å². The molecule has 1 N–H and O–H groups in total. The molecular formula is C12H27NO4. The van der Waals surface area contributed by atoms with Gasteiger partial charge >= 0.3 is 0 Å². The van der Waals surface area contributed by atoms with Gasteiger partial charge in [-0.25, -0.2) is 0 Å². The predicted octanol–water partition coefficient (Wildman–Crippen LogP) is 0.681. The summed E-state index contributed by atoms with van der Waals surface area (Å²) in [6.45, 7) is 9.75. The first-order valence-corrected chi connectivity index (χ1v) is 6.28. The molecule has 0 spiro atoms. The van der Waals surface area contributed by atoms with E-state index in [9.17, 15) is 0 Å². The molecule has 0 radical (unpaired) electrons. The van der Waals surface area contributed by atoms with E-state index in [2.05, 4.69) is 12.2 Å². The first-order valence-electron chi connectivity index (χ1n) is 6.28. The van der Waals surface area contributed by atoms with Gasteiger partial charge in [0.25, 0.3) is 0 Å². The monoisotopic (exact) mass is 249 g/mol. The van der Waals surface area contributed by atoms with Gasteiger partial charge in [0.15, 0.2) is 0 Å². The third kappa shape index (κ3) is 13.7. The van der Waals surface area contributed by atoms with Crippen LogP contribution in [0.3, 0.4) is 0 Å². The number of hydrogen-bond acceptors (Lipinski definition) is 5. The number of nitrogens with one attached hydrogen (secondary N) is 1. The largest absolute Gasteiger partial charge is 0.382 e. The van der Waals surface area contributed by atoms with E-state index in [4.69, 9.17) is 18.9 Å². The summed E-state index contributed by atoms with van der Waals surface area (Å²) in [6, 6.07) is 0. The lowest BCUT2D eigenvalue weighted by Gasteiger charge is -2.12. The first-order chi connectivity index (χ1) is 8.31. The van der Waals surface area contributed by atoms with E-state index in [1.165, 1.54) is 0 Å². The average Bonchev–Trinajstić information content (AvgIpc) is 2.32. The van der Waals surface area contributed by atoms with Crippen molar-refractivity contribution in [3.05, 3.63) is 0 Å². The second kappa shape index (κ2) is 13.9. The van der Waals surface area contributed by atoms with Gasteiger partial charge in [-0.1, -0.05) is 0 Å². The van der Waals surface area contributed by atoms with Crippen LogP contribution in [0.25, 0.3) is 0 Å². The van der Waals surface area contributed by atoms with Gasteiger partial charge in [-0.05, 0) is 13.8 Å². The fraction of sp³-hybridized carbons (Fsp3) is 1.00. The van der Waals surface area contributed by atoms with Gasteiger partial charge in [-0.2, -0.15) is 0 Å². The van der Waals surface area contributed by atoms with Crippen molar-refractivity contribution >= 4 is 0 Å². The number of methoxy groups -OCH3 is 1. The molecule has 0 saturated heterocycles. The molecule has 0 aromatic rings. The third-order valence-corrected chi connectivity index (χ3v) is 2.11. The second-order valence-electron chi connectivity index (χ2n) is 3.69. The van der Waals surface area contributed by atoms with Crippen molar-refractivity contribution in [2.45, 2.75) is 20.0 Å². The van der Waals surface area contributed by atoms with Crippen LogP contribution in [0.5, 0.6) is 0 Å². The molecule has 0 aliphatic rings. The Balaban J connectivity index is 2.98. The predicted molar refractivity (Wildman–Crippen MR) is 67.5 cm³/mol. The average molecular weight is 249 g/mol. The minimum Gasteiger partial charge on any atom is -0.382 e. The maximum Gasteiger partial charge on any atom is 0.0701 e. The molecule has 1 atom stereocenters. The zero-order valence-electron chi connectivity index (χ0n) is 11.4. The van der Waals surface area contributed by atoms with Crippen LogP contribution in [0, 0.1) is 0 Å². The van der Waals surface area contributed by atoms with Gasteiger partial charge in [-0.15, -0.1) is 0 Å². The highest BCUT2D eigenvalue weighted by molar-refractivity contribution is 4.54. The maximum atomic E-state index is 5.39. The Bertz CT molecular complexity index is 146. The fourth-order valence-electron chi connectivity index (χ4n) is 1.26. The molecule has 1 unspecified atom stereocenters. The van der Waals surface area contributed by atoms with Crippen LogP contribution in [0.15, 0.2) is 0 Å². The van der Waals surface area contributed by atoms with Crippen LogP contribution in [-0.4, -0.2) is 65.9 Å². The smallest absolute Gasteiger partial charge is 0.0701 e. The Morgan fingerprint density at radius 3 is 2.29 bits per heavy atom. The summed E-state index contributed by atoms with van der Waals surface area (Å²) in [4.78, 5) is 0. The van der Waals surface area contributed by atoms with Crippen LogP contribution in [-0.2, 0) is 18.9 Å². The van der Waals surface area contributed by atoms with Gasteiger partial charge < -0.3 is 24.3 Å². The lowest BCUT2D eigenvalue weighted by Crippen LogP contribution is -2.29. The van der Waals surface area contributed by atoms with Gasteiger partial charge in [0.2, 0.25) is 0 Å². The van der Waals surface area contributed by atoms with E-state index >= 15 is 0 Å². The van der Waals surface area contributed by atoms with E-state index in [-0.39, 0.29) is 6.10 Å². The quantitative estimate of drug-likeness (QED) is 0.486. The minimum atomic E-state index is 0.261. The molecule has 0 aromatic carbocycles. The Kier molecular flexibility index (Phi) is 13.7. The summed E-state index contributed by atoms with van der Waals surface area (Å²) in [5, 5.41) is 3.27. The van der Waals surface area contributed by atoms with Crippen LogP contribution in [0.1, 0.15) is 13.8 Å². The first kappa shape index (κ1) is 16.8. The van der Waals surface area contributed by atoms with Gasteiger partial charge in [0.05, 0.1) is 39.1 Å². The fourth-order valence-corrected chi connectivity index (χ4v) is 1.26. The molecular weight excluding hydrogens is 222 g/mol. The molecule has 104 valence electrons. The molecule has 0 fully saturated rings. The van der Waals surface area contributed by atoms with Crippen molar-refractivity contribution in [3.63, 3.8) is 0 Å². The summed E-state index contributed by atoms with van der Waals surface area (Å²) < 4.78 is 20.9. The van der Waals surface area contributed by atoms with E-state index in [0.29, 0.717) is 33.0 Å². The van der Waals surface area contributed by atoms with Crippen LogP contribution >= 0.6 is 0 Å². The van der Waals surface area contributed by atoms with Crippen molar-refractivity contribution < 1.29 is 18.9 Å². The van der Waals surface area contributed by atoms with Gasteiger partial charge in [0, 0.05) is 26.8 Å². The Hall–Kier alpha value is -0.200. The molecule has 0 aliphatic heterocycles. The molecule has 0 rings (SSSR count). The Morgan fingerprint density at radius 2 is 1.65 bits per heavy atom. The standard InChI is InChI=1S/C12H27NO4/c1-4-17-12(2)11-13-5-6-15-9-10-16-8-7-14-3/h12-13H,4-11H2,1-3H3. The topological polar surface area (TPSA) is 49.0 Å². The normalized spacial score (nSPS) is 12.9. The van der Waals surface area contributed by atoms with Crippen molar-refractivity contribution in [3.8, 4) is 0 Å². The molecule has 0 aromatic heterocycles. The molecule has 5 nitrogen and oxygen atoms in total. The summed E-state index contributed by atoms with van der Waals surface area (Å²) in [6.07, 6.45) is 0.261. The summed E-state index contributed by atoms with van der Waals surface area (Å²) in [7, 11) is 1.66. The lowest BCUT2D eigenvalue weighted by atomic mass is 10.4. The molecule has 0 saturated carbocycles. The van der Waals surface area contributed by atoms with Crippen molar-refractivity contribution in [1.29, 1.82) is 0 Å². The molecule has 17 heavy (non-hydrogen) atoms. The van der Waals surface area contributed by atoms with Gasteiger partial charge in [-0.3, -0.25) is 0 Å². The van der Waals surface area contributed by atoms with Crippen LogP contribution in [0.2, 0.25) is 0 Å². The van der Waals surface area contributed by atoms with E-state index in [0.717, 1.165) is 19.7 Å². The summed E-state index contributed by atoms with van der Waals surface area (Å²) in [5.74, 6) is 0. The molecule has 0 aliphatic carbocycles. The maximum absolute atomic E-state index is 5.39. The zero-order valence-corrected chi connectivity index (χ0v) is 11.4. The number of hydrogen-bond donors (Lipinski definition) is 1. The SMILES string of the molecule is CCOC(C)CNCCOCCOCCOC. The molecule has 0 bridgehead atoms. The Labute approximate surface area is 105 Å². The van der Waals surface area contributed by atoms with E-state index in [1.807, 2.05) is 6.92 Å². The molecule has 5 heteroatoms. The number of rotatable bonds is 13. The minimum absolute atomic E-state index is 0.261. The zero-order chi connectivity index (χ0) is 12.8. The third-order valence-electron chi connectivity index (χ3n) is 2.11. The lowest BCUT2D eigenvalue weighted by molar-refractivity contribution is 0.0244. The highest BCUT2D eigenvalue weighted by Crippen LogP contribution is 1.86. The Morgan fingerprint density at radius 1 is 1.00 bits per heavy atom. The second-order valence-corrected chi connectivity index (χ2v) is 3.69. The van der Waals surface area contributed by atoms with Gasteiger partial charge in [0.1, 0.15) is 0 Å². The van der Waals surface area contributed by atoms with E-state index in [1.54, 1.807) is 7.11 Å². The molecule has 0 heterocycles. The highest BCUT2D eigenvalue weighted by atomic mass is 16.5. The van der Waals surface area contributed by atoms with Crippen LogP contribution < -0.4 is 5.32 Å². The highest BCUT2D eigenvalue weighted by Gasteiger charge is 1.98. The van der Waals surface area contributed by atoms with Crippen molar-refractivity contribution in [1.82, 2.24) is 5.32 Å². The van der Waals surface area contributed by atoms with Crippen molar-refractivity contribution in [2.75, 3.05) is 59.8 Å². The van der Waals surface area contributed by atoms with E-state index < -0.39 is 0 Å². The summed E-state index contributed by atoms with van der Waals surface area (Å²) >= 11 is 0. The molecule has 0 amide bonds.